The SMILES string of the molecule is O=C(O)CNC(=O)c1ccc(Nc2ccc([N+](=O)[O-])nc2)cc1. The van der Waals surface area contributed by atoms with Gasteiger partial charge in [0.25, 0.3) is 5.91 Å². The number of carboxylic acids is 1. The van der Waals surface area contributed by atoms with Gasteiger partial charge in [0.15, 0.2) is 6.20 Å². The molecule has 0 saturated heterocycles. The van der Waals surface area contributed by atoms with Crippen molar-refractivity contribution in [1.29, 1.82) is 0 Å². The maximum absolute atomic E-state index is 11.7. The summed E-state index contributed by atoms with van der Waals surface area (Å²) in [6, 6.07) is 9.08. The highest BCUT2D eigenvalue weighted by Crippen LogP contribution is 2.18. The van der Waals surface area contributed by atoms with Crippen LogP contribution in [0.3, 0.4) is 0 Å². The number of hydrogen-bond acceptors (Lipinski definition) is 6. The number of hydrogen-bond donors (Lipinski definition) is 3. The molecule has 0 saturated carbocycles. The molecular formula is C14H12N4O5. The molecule has 2 rings (SSSR count). The van der Waals surface area contributed by atoms with Crippen LogP contribution in [0.4, 0.5) is 17.2 Å². The smallest absolute Gasteiger partial charge is 0.363 e. The summed E-state index contributed by atoms with van der Waals surface area (Å²) in [7, 11) is 0. The molecule has 0 radical (unpaired) electrons. The van der Waals surface area contributed by atoms with E-state index in [0.29, 0.717) is 16.9 Å². The summed E-state index contributed by atoms with van der Waals surface area (Å²) in [5, 5.41) is 24.2. The Morgan fingerprint density at radius 3 is 2.30 bits per heavy atom. The molecule has 3 N–H and O–H groups in total. The van der Waals surface area contributed by atoms with Crippen LogP contribution >= 0.6 is 0 Å². The lowest BCUT2D eigenvalue weighted by atomic mass is 10.2. The lowest BCUT2D eigenvalue weighted by Crippen LogP contribution is -2.29. The number of nitro groups is 1. The van der Waals surface area contributed by atoms with Gasteiger partial charge in [0, 0.05) is 17.3 Å². The van der Waals surface area contributed by atoms with Gasteiger partial charge in [0.2, 0.25) is 0 Å². The van der Waals surface area contributed by atoms with Crippen molar-refractivity contribution in [3.63, 3.8) is 0 Å². The number of benzene rings is 1. The minimum absolute atomic E-state index is 0.249. The van der Waals surface area contributed by atoms with Crippen molar-refractivity contribution >= 4 is 29.1 Å². The van der Waals surface area contributed by atoms with Crippen LogP contribution in [0.1, 0.15) is 10.4 Å². The lowest BCUT2D eigenvalue weighted by Gasteiger charge is -2.06. The Bertz CT molecular complexity index is 728. The van der Waals surface area contributed by atoms with E-state index in [1.165, 1.54) is 30.5 Å². The monoisotopic (exact) mass is 316 g/mol. The van der Waals surface area contributed by atoms with Crippen molar-refractivity contribution in [3.8, 4) is 0 Å². The maximum atomic E-state index is 11.7. The third-order valence-corrected chi connectivity index (χ3v) is 2.77. The number of rotatable bonds is 6. The molecule has 9 nitrogen and oxygen atoms in total. The van der Waals surface area contributed by atoms with Crippen LogP contribution in [0.15, 0.2) is 42.6 Å². The predicted molar refractivity (Wildman–Crippen MR) is 80.6 cm³/mol. The highest BCUT2D eigenvalue weighted by molar-refractivity contribution is 5.96. The number of carbonyl (C=O) groups excluding carboxylic acids is 1. The van der Waals surface area contributed by atoms with E-state index in [9.17, 15) is 19.7 Å². The molecule has 0 atom stereocenters. The molecule has 0 unspecified atom stereocenters. The molecule has 23 heavy (non-hydrogen) atoms. The van der Waals surface area contributed by atoms with Crippen molar-refractivity contribution in [3.05, 3.63) is 58.3 Å². The summed E-state index contributed by atoms with van der Waals surface area (Å²) in [6.07, 6.45) is 1.33. The van der Waals surface area contributed by atoms with Crippen molar-refractivity contribution in [2.24, 2.45) is 0 Å². The van der Waals surface area contributed by atoms with Crippen molar-refractivity contribution in [1.82, 2.24) is 10.3 Å². The van der Waals surface area contributed by atoms with Crippen molar-refractivity contribution in [2.45, 2.75) is 0 Å². The zero-order valence-electron chi connectivity index (χ0n) is 11.7. The molecule has 0 fully saturated rings. The van der Waals surface area contributed by atoms with Gasteiger partial charge < -0.3 is 25.9 Å². The summed E-state index contributed by atoms with van der Waals surface area (Å²) in [4.78, 5) is 35.6. The Hall–Kier alpha value is -3.49. The number of aliphatic carboxylic acids is 1. The average Bonchev–Trinajstić information content (AvgIpc) is 2.54. The molecule has 0 bridgehead atoms. The fraction of sp³-hybridized carbons (Fsp3) is 0.0714. The number of nitrogens with one attached hydrogen (secondary N) is 2. The van der Waals surface area contributed by atoms with E-state index in [0.717, 1.165) is 0 Å². The van der Waals surface area contributed by atoms with Gasteiger partial charge in [-0.2, -0.15) is 0 Å². The quantitative estimate of drug-likeness (QED) is 0.543. The first-order chi connectivity index (χ1) is 11.0. The Morgan fingerprint density at radius 2 is 1.78 bits per heavy atom. The molecule has 9 heteroatoms. The number of carbonyl (C=O) groups is 2. The van der Waals surface area contributed by atoms with Gasteiger partial charge in [-0.3, -0.25) is 9.59 Å². The minimum Gasteiger partial charge on any atom is -0.480 e. The number of anilines is 2. The van der Waals surface area contributed by atoms with Crippen LogP contribution < -0.4 is 10.6 Å². The average molecular weight is 316 g/mol. The molecule has 1 aromatic carbocycles. The molecule has 1 heterocycles. The summed E-state index contributed by atoms with van der Waals surface area (Å²) < 4.78 is 0. The first kappa shape index (κ1) is 15.9. The molecule has 2 aromatic rings. The molecule has 0 aliphatic carbocycles. The third kappa shape index (κ3) is 4.49. The summed E-state index contributed by atoms with van der Waals surface area (Å²) in [5.74, 6) is -1.86. The zero-order chi connectivity index (χ0) is 16.8. The van der Waals surface area contributed by atoms with E-state index < -0.39 is 23.3 Å². The van der Waals surface area contributed by atoms with E-state index >= 15 is 0 Å². The Kier molecular flexibility index (Phi) is 4.82. The molecular weight excluding hydrogens is 304 g/mol. The van der Waals surface area contributed by atoms with Gasteiger partial charge in [-0.1, -0.05) is 0 Å². The van der Waals surface area contributed by atoms with E-state index in [4.69, 9.17) is 5.11 Å². The molecule has 118 valence electrons. The fourth-order valence-corrected chi connectivity index (χ4v) is 1.70. The van der Waals surface area contributed by atoms with Gasteiger partial charge >= 0.3 is 11.8 Å². The fourth-order valence-electron chi connectivity index (χ4n) is 1.70. The van der Waals surface area contributed by atoms with Gasteiger partial charge in [0.05, 0.1) is 5.69 Å². The van der Waals surface area contributed by atoms with E-state index in [1.54, 1.807) is 12.1 Å². The summed E-state index contributed by atoms with van der Waals surface area (Å²) in [5.41, 5.74) is 1.52. The van der Waals surface area contributed by atoms with E-state index in [2.05, 4.69) is 15.6 Å². The predicted octanol–water partition coefficient (Wildman–Crippen LogP) is 1.55. The van der Waals surface area contributed by atoms with Crippen LogP contribution in [-0.2, 0) is 4.79 Å². The van der Waals surface area contributed by atoms with Gasteiger partial charge in [0.1, 0.15) is 6.54 Å². The first-order valence-corrected chi connectivity index (χ1v) is 6.43. The molecule has 0 aliphatic heterocycles. The Labute approximate surface area is 130 Å². The number of amides is 1. The van der Waals surface area contributed by atoms with Gasteiger partial charge in [-0.15, -0.1) is 0 Å². The molecule has 1 amide bonds. The lowest BCUT2D eigenvalue weighted by molar-refractivity contribution is -0.389. The Balaban J connectivity index is 2.00. The third-order valence-electron chi connectivity index (χ3n) is 2.77. The summed E-state index contributed by atoms with van der Waals surface area (Å²) >= 11 is 0. The van der Waals surface area contributed by atoms with Crippen LogP contribution in [0.2, 0.25) is 0 Å². The summed E-state index contributed by atoms with van der Waals surface area (Å²) in [6.45, 7) is -0.451. The maximum Gasteiger partial charge on any atom is 0.363 e. The largest absolute Gasteiger partial charge is 0.480 e. The number of pyridine rings is 1. The van der Waals surface area contributed by atoms with E-state index in [1.807, 2.05) is 0 Å². The molecule has 0 aliphatic rings. The number of aromatic nitrogens is 1. The van der Waals surface area contributed by atoms with Crippen LogP contribution in [0.25, 0.3) is 0 Å². The number of carboxylic acid groups (broad SMARTS) is 1. The van der Waals surface area contributed by atoms with Crippen LogP contribution in [0.5, 0.6) is 0 Å². The zero-order valence-corrected chi connectivity index (χ0v) is 11.7. The Morgan fingerprint density at radius 1 is 1.13 bits per heavy atom. The molecule has 0 spiro atoms. The second-order valence-electron chi connectivity index (χ2n) is 4.44. The first-order valence-electron chi connectivity index (χ1n) is 6.43. The van der Waals surface area contributed by atoms with Crippen LogP contribution in [0, 0.1) is 10.1 Å². The highest BCUT2D eigenvalue weighted by atomic mass is 16.6. The van der Waals surface area contributed by atoms with Crippen LogP contribution in [-0.4, -0.2) is 33.4 Å². The second-order valence-corrected chi connectivity index (χ2v) is 4.44. The van der Waals surface area contributed by atoms with Gasteiger partial charge in [-0.25, -0.2) is 0 Å². The highest BCUT2D eigenvalue weighted by Gasteiger charge is 2.08. The second kappa shape index (κ2) is 6.98. The topological polar surface area (TPSA) is 134 Å². The van der Waals surface area contributed by atoms with E-state index in [-0.39, 0.29) is 5.82 Å². The normalized spacial score (nSPS) is 9.91. The molecule has 1 aromatic heterocycles. The number of nitrogens with zero attached hydrogens (tertiary/aromatic N) is 2. The van der Waals surface area contributed by atoms with Gasteiger partial charge in [-0.05, 0) is 40.2 Å². The standard InChI is InChI=1S/C14H12N4O5/c19-13(20)8-16-14(21)9-1-3-10(4-2-9)17-11-5-6-12(15-7-11)18(22)23/h1-7,17H,8H2,(H,16,21)(H,19,20). The van der Waals surface area contributed by atoms with Crippen molar-refractivity contribution in [2.75, 3.05) is 11.9 Å². The van der Waals surface area contributed by atoms with Crippen molar-refractivity contribution < 1.29 is 19.6 Å². The minimum atomic E-state index is -1.12.